The van der Waals surface area contributed by atoms with E-state index in [0.717, 1.165) is 0 Å². The standard InChI is InChI=1S/C19H19FN2O2/c1-13-11-18(23)21(2)16-9-5-6-10-17(16)22(13)19(24)12-14-7-3-4-8-15(14)20/h3-10,13H,11-12H2,1-2H3/t13-/m1/s1. The Hall–Kier alpha value is -2.69. The van der Waals surface area contributed by atoms with Crippen LogP contribution in [0.15, 0.2) is 48.5 Å². The van der Waals surface area contributed by atoms with Gasteiger partial charge in [-0.2, -0.15) is 0 Å². The maximum Gasteiger partial charge on any atom is 0.231 e. The van der Waals surface area contributed by atoms with Crippen LogP contribution in [0.1, 0.15) is 18.9 Å². The second-order valence-electron chi connectivity index (χ2n) is 6.03. The minimum atomic E-state index is -0.394. The van der Waals surface area contributed by atoms with E-state index in [-0.39, 0.29) is 30.7 Å². The molecular weight excluding hydrogens is 307 g/mol. The van der Waals surface area contributed by atoms with Crippen LogP contribution in [0.25, 0.3) is 0 Å². The highest BCUT2D eigenvalue weighted by Gasteiger charge is 2.32. The molecule has 2 aromatic carbocycles. The average Bonchev–Trinajstić information content (AvgIpc) is 2.65. The minimum absolute atomic E-state index is 0.0384. The molecule has 1 aliphatic heterocycles. The molecule has 4 nitrogen and oxygen atoms in total. The van der Waals surface area contributed by atoms with Crippen LogP contribution in [0.4, 0.5) is 15.8 Å². The maximum atomic E-state index is 13.9. The predicted molar refractivity (Wildman–Crippen MR) is 91.5 cm³/mol. The second kappa shape index (κ2) is 6.43. The van der Waals surface area contributed by atoms with Crippen molar-refractivity contribution in [1.29, 1.82) is 0 Å². The van der Waals surface area contributed by atoms with E-state index in [1.165, 1.54) is 6.07 Å². The Balaban J connectivity index is 1.99. The number of fused-ring (bicyclic) bond motifs is 1. The van der Waals surface area contributed by atoms with Gasteiger partial charge in [0, 0.05) is 19.5 Å². The van der Waals surface area contributed by atoms with E-state index in [2.05, 4.69) is 0 Å². The van der Waals surface area contributed by atoms with Crippen LogP contribution in [0.5, 0.6) is 0 Å². The van der Waals surface area contributed by atoms with Crippen LogP contribution in [0.3, 0.4) is 0 Å². The van der Waals surface area contributed by atoms with E-state index >= 15 is 0 Å². The number of rotatable bonds is 2. The van der Waals surface area contributed by atoms with Crippen molar-refractivity contribution < 1.29 is 14.0 Å². The van der Waals surface area contributed by atoms with E-state index in [0.29, 0.717) is 16.9 Å². The smallest absolute Gasteiger partial charge is 0.231 e. The van der Waals surface area contributed by atoms with Gasteiger partial charge >= 0.3 is 0 Å². The van der Waals surface area contributed by atoms with Gasteiger partial charge in [-0.25, -0.2) is 4.39 Å². The molecule has 124 valence electrons. The largest absolute Gasteiger partial charge is 0.313 e. The fourth-order valence-corrected chi connectivity index (χ4v) is 3.07. The third kappa shape index (κ3) is 2.89. The van der Waals surface area contributed by atoms with E-state index in [4.69, 9.17) is 0 Å². The maximum absolute atomic E-state index is 13.9. The van der Waals surface area contributed by atoms with Crippen LogP contribution in [0, 0.1) is 5.82 Å². The molecule has 0 aliphatic carbocycles. The van der Waals surface area contributed by atoms with Crippen molar-refractivity contribution in [2.24, 2.45) is 0 Å². The Morgan fingerprint density at radius 2 is 1.75 bits per heavy atom. The third-order valence-electron chi connectivity index (χ3n) is 4.36. The zero-order chi connectivity index (χ0) is 17.3. The molecule has 0 fully saturated rings. The topological polar surface area (TPSA) is 40.6 Å². The van der Waals surface area contributed by atoms with Crippen LogP contribution >= 0.6 is 0 Å². The van der Waals surface area contributed by atoms with E-state index < -0.39 is 5.82 Å². The summed E-state index contributed by atoms with van der Waals surface area (Å²) >= 11 is 0. The quantitative estimate of drug-likeness (QED) is 0.850. The highest BCUT2D eigenvalue weighted by atomic mass is 19.1. The molecule has 24 heavy (non-hydrogen) atoms. The predicted octanol–water partition coefficient (Wildman–Crippen LogP) is 3.16. The normalized spacial score (nSPS) is 17.5. The molecule has 0 N–H and O–H groups in total. The molecule has 1 aliphatic rings. The van der Waals surface area contributed by atoms with Gasteiger partial charge in [0.15, 0.2) is 0 Å². The van der Waals surface area contributed by atoms with E-state index in [1.807, 2.05) is 31.2 Å². The van der Waals surface area contributed by atoms with Gasteiger partial charge in [-0.15, -0.1) is 0 Å². The summed E-state index contributed by atoms with van der Waals surface area (Å²) in [7, 11) is 1.71. The number of hydrogen-bond acceptors (Lipinski definition) is 2. The Labute approximate surface area is 140 Å². The SMILES string of the molecule is C[C@@H]1CC(=O)N(C)c2ccccc2N1C(=O)Cc1ccccc1F. The number of para-hydroxylation sites is 2. The number of benzene rings is 2. The lowest BCUT2D eigenvalue weighted by Gasteiger charge is -2.28. The molecule has 0 aromatic heterocycles. The minimum Gasteiger partial charge on any atom is -0.313 e. The van der Waals surface area contributed by atoms with Crippen molar-refractivity contribution in [3.05, 3.63) is 59.9 Å². The van der Waals surface area contributed by atoms with Crippen LogP contribution in [-0.4, -0.2) is 24.9 Å². The third-order valence-corrected chi connectivity index (χ3v) is 4.36. The highest BCUT2D eigenvalue weighted by molar-refractivity contribution is 6.05. The van der Waals surface area contributed by atoms with Crippen molar-refractivity contribution in [3.63, 3.8) is 0 Å². The average molecular weight is 326 g/mol. The highest BCUT2D eigenvalue weighted by Crippen LogP contribution is 2.34. The summed E-state index contributed by atoms with van der Waals surface area (Å²) in [5, 5.41) is 0. The molecule has 0 bridgehead atoms. The molecule has 1 atom stereocenters. The zero-order valence-corrected chi connectivity index (χ0v) is 13.7. The van der Waals surface area contributed by atoms with Gasteiger partial charge in [0.1, 0.15) is 5.82 Å². The molecule has 2 aromatic rings. The molecule has 0 saturated heterocycles. The van der Waals surface area contributed by atoms with Gasteiger partial charge < -0.3 is 9.80 Å². The number of hydrogen-bond donors (Lipinski definition) is 0. The fraction of sp³-hybridized carbons (Fsp3) is 0.263. The van der Waals surface area contributed by atoms with Crippen molar-refractivity contribution in [3.8, 4) is 0 Å². The summed E-state index contributed by atoms with van der Waals surface area (Å²) < 4.78 is 13.9. The first-order valence-corrected chi connectivity index (χ1v) is 7.90. The van der Waals surface area contributed by atoms with Crippen LogP contribution < -0.4 is 9.80 Å². The number of amides is 2. The number of halogens is 1. The monoisotopic (exact) mass is 326 g/mol. The van der Waals surface area contributed by atoms with Crippen molar-refractivity contribution in [2.45, 2.75) is 25.8 Å². The lowest BCUT2D eigenvalue weighted by molar-refractivity contribution is -0.119. The summed E-state index contributed by atoms with van der Waals surface area (Å²) in [5.41, 5.74) is 1.73. The van der Waals surface area contributed by atoms with Crippen LogP contribution in [-0.2, 0) is 16.0 Å². The lowest BCUT2D eigenvalue weighted by Crippen LogP contribution is -2.40. The van der Waals surface area contributed by atoms with Gasteiger partial charge in [0.2, 0.25) is 11.8 Å². The Bertz CT molecular complexity index is 790. The molecule has 5 heteroatoms. The van der Waals surface area contributed by atoms with Crippen molar-refractivity contribution in [2.75, 3.05) is 16.8 Å². The molecule has 0 saturated carbocycles. The number of nitrogens with zero attached hydrogens (tertiary/aromatic N) is 2. The first-order chi connectivity index (χ1) is 11.5. The van der Waals surface area contributed by atoms with Gasteiger partial charge in [0.05, 0.1) is 17.8 Å². The summed E-state index contributed by atoms with van der Waals surface area (Å²) in [6.45, 7) is 1.84. The Kier molecular flexibility index (Phi) is 4.34. The van der Waals surface area contributed by atoms with Gasteiger partial charge in [0.25, 0.3) is 0 Å². The summed E-state index contributed by atoms with van der Waals surface area (Å²) in [4.78, 5) is 28.4. The Morgan fingerprint density at radius 3 is 2.46 bits per heavy atom. The number of carbonyl (C=O) groups excluding carboxylic acids is 2. The van der Waals surface area contributed by atoms with Crippen molar-refractivity contribution >= 4 is 23.2 Å². The van der Waals surface area contributed by atoms with E-state index in [9.17, 15) is 14.0 Å². The molecule has 0 unspecified atom stereocenters. The molecule has 3 rings (SSSR count). The molecule has 1 heterocycles. The van der Waals surface area contributed by atoms with Crippen molar-refractivity contribution in [1.82, 2.24) is 0 Å². The van der Waals surface area contributed by atoms with Gasteiger partial charge in [-0.05, 0) is 30.7 Å². The zero-order valence-electron chi connectivity index (χ0n) is 13.7. The van der Waals surface area contributed by atoms with E-state index in [1.54, 1.807) is 35.0 Å². The summed E-state index contributed by atoms with van der Waals surface area (Å²) in [5.74, 6) is -0.658. The van der Waals surface area contributed by atoms with Crippen LogP contribution in [0.2, 0.25) is 0 Å². The molecular formula is C19H19FN2O2. The second-order valence-corrected chi connectivity index (χ2v) is 6.03. The first kappa shape index (κ1) is 16.2. The lowest BCUT2D eigenvalue weighted by atomic mass is 10.1. The van der Waals surface area contributed by atoms with Gasteiger partial charge in [-0.3, -0.25) is 9.59 Å². The fourth-order valence-electron chi connectivity index (χ4n) is 3.07. The number of carbonyl (C=O) groups is 2. The first-order valence-electron chi connectivity index (χ1n) is 7.90. The number of anilines is 2. The molecule has 0 spiro atoms. The molecule has 2 amide bonds. The Morgan fingerprint density at radius 1 is 1.12 bits per heavy atom. The summed E-state index contributed by atoms with van der Waals surface area (Å²) in [6.07, 6.45) is 0.192. The molecule has 0 radical (unpaired) electrons. The summed E-state index contributed by atoms with van der Waals surface area (Å²) in [6, 6.07) is 13.3. The van der Waals surface area contributed by atoms with Gasteiger partial charge in [-0.1, -0.05) is 30.3 Å².